The Balaban J connectivity index is 1.63. The van der Waals surface area contributed by atoms with E-state index in [4.69, 9.17) is 16.6 Å². The van der Waals surface area contributed by atoms with E-state index in [1.165, 1.54) is 17.7 Å². The quantitative estimate of drug-likeness (QED) is 0.490. The highest BCUT2D eigenvalue weighted by molar-refractivity contribution is 7.18. The summed E-state index contributed by atoms with van der Waals surface area (Å²) >= 11 is 7.77. The van der Waals surface area contributed by atoms with Crippen LogP contribution in [-0.2, 0) is 13.1 Å². The number of nitrogens with zero attached hydrogens (tertiary/aromatic N) is 3. The highest BCUT2D eigenvalue weighted by atomic mass is 35.5. The summed E-state index contributed by atoms with van der Waals surface area (Å²) < 4.78 is 12.6. The predicted octanol–water partition coefficient (Wildman–Crippen LogP) is 5.54. The van der Waals surface area contributed by atoms with E-state index >= 15 is 0 Å². The van der Waals surface area contributed by atoms with Crippen LogP contribution in [0.4, 0.5) is 15.9 Å². The van der Waals surface area contributed by atoms with Gasteiger partial charge in [0, 0.05) is 17.1 Å². The second-order valence-electron chi connectivity index (χ2n) is 5.71. The van der Waals surface area contributed by atoms with Gasteiger partial charge in [0.1, 0.15) is 28.4 Å². The Morgan fingerprint density at radius 1 is 1.04 bits per heavy atom. The molecular weight excluding hydrogens is 371 g/mol. The molecule has 7 heteroatoms. The van der Waals surface area contributed by atoms with Crippen LogP contribution in [-0.4, -0.2) is 15.0 Å². The maximum atomic E-state index is 12.6. The number of fused-ring (bicyclic) bond motifs is 1. The molecule has 0 amide bonds. The molecule has 0 radical (unpaired) electrons. The van der Waals surface area contributed by atoms with Gasteiger partial charge < -0.3 is 5.32 Å². The molecule has 4 aromatic rings. The van der Waals surface area contributed by atoms with Crippen molar-refractivity contribution in [1.29, 1.82) is 0 Å². The average Bonchev–Trinajstić information content (AvgIpc) is 3.08. The number of alkyl halides is 1. The summed E-state index contributed by atoms with van der Waals surface area (Å²) in [4.78, 5) is 14.1. The van der Waals surface area contributed by atoms with Crippen molar-refractivity contribution in [2.45, 2.75) is 13.1 Å². The van der Waals surface area contributed by atoms with E-state index in [0.717, 1.165) is 26.1 Å². The van der Waals surface area contributed by atoms with Crippen molar-refractivity contribution in [2.24, 2.45) is 0 Å². The van der Waals surface area contributed by atoms with Gasteiger partial charge in [0.15, 0.2) is 5.82 Å². The molecule has 4 nitrogen and oxygen atoms in total. The largest absolute Gasteiger partial charge is 0.338 e. The van der Waals surface area contributed by atoms with Gasteiger partial charge in [0.25, 0.3) is 0 Å². The van der Waals surface area contributed by atoms with Crippen molar-refractivity contribution in [2.75, 3.05) is 5.32 Å². The molecule has 2 aromatic heterocycles. The van der Waals surface area contributed by atoms with Crippen LogP contribution in [0.2, 0.25) is 5.02 Å². The normalized spacial score (nSPS) is 11.0. The lowest BCUT2D eigenvalue weighted by molar-refractivity contribution is 0.485. The molecule has 1 N–H and O–H groups in total. The summed E-state index contributed by atoms with van der Waals surface area (Å²) in [6.45, 7) is -0.477. The molecule has 0 unspecified atom stereocenters. The van der Waals surface area contributed by atoms with Crippen molar-refractivity contribution >= 4 is 44.8 Å². The minimum atomic E-state index is -0.477. The number of nitrogens with one attached hydrogen (secondary N) is 1. The van der Waals surface area contributed by atoms with Crippen LogP contribution in [0.3, 0.4) is 0 Å². The number of thiazole rings is 1. The zero-order valence-corrected chi connectivity index (χ0v) is 15.2. The number of benzene rings is 2. The Kier molecular flexibility index (Phi) is 4.77. The van der Waals surface area contributed by atoms with Gasteiger partial charge in [0.2, 0.25) is 0 Å². The van der Waals surface area contributed by atoms with Crippen LogP contribution < -0.4 is 5.32 Å². The Morgan fingerprint density at radius 2 is 1.85 bits per heavy atom. The molecule has 0 atom stereocenters. The highest BCUT2D eigenvalue weighted by Gasteiger charge is 2.12. The molecule has 0 spiro atoms. The second kappa shape index (κ2) is 7.35. The Bertz CT molecular complexity index is 1050. The van der Waals surface area contributed by atoms with Gasteiger partial charge >= 0.3 is 0 Å². The van der Waals surface area contributed by atoms with Gasteiger partial charge in [-0.15, -0.1) is 0 Å². The SMILES string of the molecule is FCc1ccc(Nc2ncnc3sc(Cc4ccccc4Cl)nc23)cc1. The van der Waals surface area contributed by atoms with Crippen LogP contribution in [0.1, 0.15) is 16.1 Å². The zero-order chi connectivity index (χ0) is 17.9. The predicted molar refractivity (Wildman–Crippen MR) is 104 cm³/mol. The molecule has 0 aliphatic carbocycles. The van der Waals surface area contributed by atoms with Gasteiger partial charge in [-0.2, -0.15) is 0 Å². The monoisotopic (exact) mass is 384 g/mol. The van der Waals surface area contributed by atoms with Crippen molar-refractivity contribution in [1.82, 2.24) is 15.0 Å². The smallest absolute Gasteiger partial charge is 0.161 e. The third-order valence-electron chi connectivity index (χ3n) is 3.91. The van der Waals surface area contributed by atoms with Gasteiger partial charge in [-0.25, -0.2) is 19.3 Å². The summed E-state index contributed by atoms with van der Waals surface area (Å²) in [5.41, 5.74) is 3.20. The topological polar surface area (TPSA) is 50.7 Å². The third kappa shape index (κ3) is 3.52. The zero-order valence-electron chi connectivity index (χ0n) is 13.6. The van der Waals surface area contributed by atoms with Gasteiger partial charge in [-0.3, -0.25) is 0 Å². The number of anilines is 2. The molecule has 4 rings (SSSR count). The second-order valence-corrected chi connectivity index (χ2v) is 7.18. The van der Waals surface area contributed by atoms with Gasteiger partial charge in [0.05, 0.1) is 0 Å². The number of halogens is 2. The molecule has 0 saturated heterocycles. The lowest BCUT2D eigenvalue weighted by Gasteiger charge is -2.06. The van der Waals surface area contributed by atoms with Gasteiger partial charge in [-0.1, -0.05) is 53.3 Å². The van der Waals surface area contributed by atoms with Crippen molar-refractivity contribution in [3.8, 4) is 0 Å². The number of hydrogen-bond donors (Lipinski definition) is 1. The molecular formula is C19H14ClFN4S. The first-order valence-corrected chi connectivity index (χ1v) is 9.18. The van der Waals surface area contributed by atoms with E-state index in [9.17, 15) is 4.39 Å². The molecule has 2 heterocycles. The molecule has 0 aliphatic rings. The van der Waals surface area contributed by atoms with E-state index in [2.05, 4.69) is 15.3 Å². The summed E-state index contributed by atoms with van der Waals surface area (Å²) in [6.07, 6.45) is 2.16. The fourth-order valence-corrected chi connectivity index (χ4v) is 3.71. The van der Waals surface area contributed by atoms with Crippen LogP contribution in [0.25, 0.3) is 10.3 Å². The molecule has 0 fully saturated rings. The van der Waals surface area contributed by atoms with E-state index in [0.29, 0.717) is 23.3 Å². The molecule has 26 heavy (non-hydrogen) atoms. The van der Waals surface area contributed by atoms with Gasteiger partial charge in [-0.05, 0) is 29.3 Å². The van der Waals surface area contributed by atoms with Crippen LogP contribution in [0.5, 0.6) is 0 Å². The molecule has 0 saturated carbocycles. The maximum absolute atomic E-state index is 12.6. The maximum Gasteiger partial charge on any atom is 0.161 e. The lowest BCUT2D eigenvalue weighted by Crippen LogP contribution is -1.96. The molecule has 130 valence electrons. The number of aromatic nitrogens is 3. The standard InChI is InChI=1S/C19H14ClFN4S/c20-15-4-2-1-3-13(15)9-16-25-17-18(22-11-23-19(17)26-16)24-14-7-5-12(10-21)6-8-14/h1-8,11H,9-10H2,(H,22,23,24). The van der Waals surface area contributed by atoms with E-state index < -0.39 is 6.67 Å². The van der Waals surface area contributed by atoms with E-state index in [1.807, 2.05) is 36.4 Å². The number of hydrogen-bond acceptors (Lipinski definition) is 5. The summed E-state index contributed by atoms with van der Waals surface area (Å²) in [5.74, 6) is 0.629. The first kappa shape index (κ1) is 16.9. The minimum absolute atomic E-state index is 0.477. The summed E-state index contributed by atoms with van der Waals surface area (Å²) in [5, 5.41) is 4.88. The van der Waals surface area contributed by atoms with E-state index in [-0.39, 0.29) is 0 Å². The summed E-state index contributed by atoms with van der Waals surface area (Å²) in [7, 11) is 0. The average molecular weight is 385 g/mol. The van der Waals surface area contributed by atoms with Crippen LogP contribution in [0, 0.1) is 0 Å². The third-order valence-corrected chi connectivity index (χ3v) is 5.24. The molecule has 0 bridgehead atoms. The first-order valence-electron chi connectivity index (χ1n) is 7.98. The Labute approximate surface area is 158 Å². The van der Waals surface area contributed by atoms with E-state index in [1.54, 1.807) is 12.1 Å². The summed E-state index contributed by atoms with van der Waals surface area (Å²) in [6, 6.07) is 14.9. The molecule has 0 aliphatic heterocycles. The first-order chi connectivity index (χ1) is 12.7. The highest BCUT2D eigenvalue weighted by Crippen LogP contribution is 2.29. The van der Waals surface area contributed by atoms with Crippen LogP contribution >= 0.6 is 22.9 Å². The Morgan fingerprint density at radius 3 is 2.62 bits per heavy atom. The fraction of sp³-hybridized carbons (Fsp3) is 0.105. The van der Waals surface area contributed by atoms with Crippen molar-refractivity contribution < 1.29 is 4.39 Å². The molecule has 2 aromatic carbocycles. The number of rotatable bonds is 5. The minimum Gasteiger partial charge on any atom is -0.338 e. The van der Waals surface area contributed by atoms with Crippen LogP contribution in [0.15, 0.2) is 54.9 Å². The Hall–Kier alpha value is -2.57. The fourth-order valence-electron chi connectivity index (χ4n) is 2.58. The van der Waals surface area contributed by atoms with Crippen molar-refractivity contribution in [3.63, 3.8) is 0 Å². The van der Waals surface area contributed by atoms with Crippen molar-refractivity contribution in [3.05, 3.63) is 76.0 Å². The lowest BCUT2D eigenvalue weighted by atomic mass is 10.2.